The van der Waals surface area contributed by atoms with E-state index in [2.05, 4.69) is 31.2 Å². The monoisotopic (exact) mass is 235 g/mol. The summed E-state index contributed by atoms with van der Waals surface area (Å²) in [5, 5.41) is 0.802. The van der Waals surface area contributed by atoms with Crippen molar-refractivity contribution in [3.05, 3.63) is 29.8 Å². The van der Waals surface area contributed by atoms with Crippen molar-refractivity contribution in [3.8, 4) is 0 Å². The Kier molecular flexibility index (Phi) is 4.30. The van der Waals surface area contributed by atoms with Crippen molar-refractivity contribution in [2.75, 3.05) is 0 Å². The molecule has 2 unspecified atom stereocenters. The van der Waals surface area contributed by atoms with Crippen molar-refractivity contribution >= 4 is 11.8 Å². The highest BCUT2D eigenvalue weighted by atomic mass is 32.2. The molecule has 1 aliphatic carbocycles. The molecule has 0 amide bonds. The zero-order chi connectivity index (χ0) is 11.4. The van der Waals surface area contributed by atoms with Crippen LogP contribution in [-0.4, -0.2) is 5.25 Å². The van der Waals surface area contributed by atoms with Crippen LogP contribution in [-0.2, 0) is 6.54 Å². The van der Waals surface area contributed by atoms with Gasteiger partial charge in [-0.15, -0.1) is 11.8 Å². The van der Waals surface area contributed by atoms with Gasteiger partial charge in [0.25, 0.3) is 0 Å². The van der Waals surface area contributed by atoms with Crippen molar-refractivity contribution in [2.24, 2.45) is 11.7 Å². The molecule has 1 aromatic carbocycles. The predicted octanol–water partition coefficient (Wildman–Crippen LogP) is 3.82. The van der Waals surface area contributed by atoms with Crippen LogP contribution in [0.5, 0.6) is 0 Å². The maximum atomic E-state index is 5.77. The van der Waals surface area contributed by atoms with Crippen LogP contribution in [0.15, 0.2) is 29.2 Å². The Bertz CT molecular complexity index is 337. The van der Waals surface area contributed by atoms with E-state index in [1.165, 1.54) is 36.1 Å². The molecule has 16 heavy (non-hydrogen) atoms. The van der Waals surface area contributed by atoms with Gasteiger partial charge in [0.15, 0.2) is 0 Å². The Labute approximate surface area is 103 Å². The standard InChI is InChI=1S/C14H21NS/c1-11-5-4-7-13(9-11)16-14-8-3-2-6-12(14)10-15/h2-3,6,8,11,13H,4-5,7,9-10,15H2,1H3. The molecule has 88 valence electrons. The molecule has 0 bridgehead atoms. The van der Waals surface area contributed by atoms with Crippen LogP contribution in [0, 0.1) is 5.92 Å². The van der Waals surface area contributed by atoms with Crippen LogP contribution < -0.4 is 5.73 Å². The van der Waals surface area contributed by atoms with Gasteiger partial charge in [0.05, 0.1) is 0 Å². The minimum Gasteiger partial charge on any atom is -0.326 e. The third-order valence-electron chi connectivity index (χ3n) is 3.37. The summed E-state index contributed by atoms with van der Waals surface area (Å²) >= 11 is 2.04. The van der Waals surface area contributed by atoms with Crippen LogP contribution in [0.4, 0.5) is 0 Å². The Hall–Kier alpha value is -0.470. The first-order valence-electron chi connectivity index (χ1n) is 6.24. The largest absolute Gasteiger partial charge is 0.326 e. The summed E-state index contributed by atoms with van der Waals surface area (Å²) in [6.07, 6.45) is 5.54. The van der Waals surface area contributed by atoms with Crippen molar-refractivity contribution in [3.63, 3.8) is 0 Å². The minimum atomic E-state index is 0.658. The van der Waals surface area contributed by atoms with Crippen molar-refractivity contribution in [1.29, 1.82) is 0 Å². The molecular weight excluding hydrogens is 214 g/mol. The molecule has 2 heteroatoms. The molecule has 2 rings (SSSR count). The van der Waals surface area contributed by atoms with Gasteiger partial charge in [-0.25, -0.2) is 0 Å². The minimum absolute atomic E-state index is 0.658. The number of nitrogens with two attached hydrogens (primary N) is 1. The van der Waals surface area contributed by atoms with E-state index in [4.69, 9.17) is 5.73 Å². The number of rotatable bonds is 3. The average molecular weight is 235 g/mol. The van der Waals surface area contributed by atoms with Crippen LogP contribution in [0.2, 0.25) is 0 Å². The number of hydrogen-bond acceptors (Lipinski definition) is 2. The van der Waals surface area contributed by atoms with Crippen LogP contribution in [0.1, 0.15) is 38.2 Å². The normalized spacial score (nSPS) is 25.6. The molecule has 0 radical (unpaired) electrons. The summed E-state index contributed by atoms with van der Waals surface area (Å²) in [7, 11) is 0. The average Bonchev–Trinajstić information content (AvgIpc) is 2.30. The molecular formula is C14H21NS. The lowest BCUT2D eigenvalue weighted by molar-refractivity contribution is 0.394. The second-order valence-corrected chi connectivity index (χ2v) is 6.17. The van der Waals surface area contributed by atoms with Gasteiger partial charge in [-0.2, -0.15) is 0 Å². The first-order valence-corrected chi connectivity index (χ1v) is 7.12. The fourth-order valence-corrected chi connectivity index (χ4v) is 3.98. The summed E-state index contributed by atoms with van der Waals surface area (Å²) in [5.74, 6) is 0.899. The zero-order valence-corrected chi connectivity index (χ0v) is 10.8. The van der Waals surface area contributed by atoms with E-state index in [0.29, 0.717) is 6.54 Å². The van der Waals surface area contributed by atoms with Gasteiger partial charge in [0.2, 0.25) is 0 Å². The molecule has 0 heterocycles. The van der Waals surface area contributed by atoms with E-state index >= 15 is 0 Å². The number of thioether (sulfide) groups is 1. The van der Waals surface area contributed by atoms with Crippen molar-refractivity contribution in [2.45, 2.75) is 49.3 Å². The highest BCUT2D eigenvalue weighted by Gasteiger charge is 2.20. The predicted molar refractivity (Wildman–Crippen MR) is 71.6 cm³/mol. The second kappa shape index (κ2) is 5.74. The third kappa shape index (κ3) is 3.02. The smallest absolute Gasteiger partial charge is 0.0189 e. The highest BCUT2D eigenvalue weighted by molar-refractivity contribution is 8.00. The molecule has 1 aliphatic rings. The molecule has 2 atom stereocenters. The molecule has 1 fully saturated rings. The van der Waals surface area contributed by atoms with E-state index in [1.54, 1.807) is 0 Å². The lowest BCUT2D eigenvalue weighted by Crippen LogP contribution is -2.15. The first kappa shape index (κ1) is 12.0. The first-order chi connectivity index (χ1) is 7.79. The highest BCUT2D eigenvalue weighted by Crippen LogP contribution is 2.37. The topological polar surface area (TPSA) is 26.0 Å². The third-order valence-corrected chi connectivity index (χ3v) is 4.79. The number of benzene rings is 1. The van der Waals surface area contributed by atoms with Gasteiger partial charge in [-0.1, -0.05) is 38.0 Å². The molecule has 0 spiro atoms. The molecule has 1 nitrogen and oxygen atoms in total. The molecule has 2 N–H and O–H groups in total. The fourth-order valence-electron chi connectivity index (χ4n) is 2.45. The molecule has 0 aliphatic heterocycles. The van der Waals surface area contributed by atoms with Gasteiger partial charge in [0, 0.05) is 16.7 Å². The zero-order valence-electron chi connectivity index (χ0n) is 9.99. The molecule has 0 saturated heterocycles. The Morgan fingerprint density at radius 2 is 2.12 bits per heavy atom. The van der Waals surface area contributed by atoms with Gasteiger partial charge >= 0.3 is 0 Å². The number of hydrogen-bond donors (Lipinski definition) is 1. The van der Waals surface area contributed by atoms with Gasteiger partial charge in [0.1, 0.15) is 0 Å². The van der Waals surface area contributed by atoms with Gasteiger partial charge < -0.3 is 5.73 Å². The summed E-state index contributed by atoms with van der Waals surface area (Å²) in [6.45, 7) is 3.03. The summed E-state index contributed by atoms with van der Waals surface area (Å²) in [5.41, 5.74) is 7.07. The summed E-state index contributed by atoms with van der Waals surface area (Å²) in [4.78, 5) is 1.39. The van der Waals surface area contributed by atoms with Crippen LogP contribution in [0.3, 0.4) is 0 Å². The Morgan fingerprint density at radius 1 is 1.31 bits per heavy atom. The summed E-state index contributed by atoms with van der Waals surface area (Å²) < 4.78 is 0. The lowest BCUT2D eigenvalue weighted by atomic mass is 9.91. The van der Waals surface area contributed by atoms with E-state index < -0.39 is 0 Å². The molecule has 1 aromatic rings. The second-order valence-electron chi connectivity index (χ2n) is 4.82. The van der Waals surface area contributed by atoms with Gasteiger partial charge in [-0.05, 0) is 30.4 Å². The Morgan fingerprint density at radius 3 is 2.88 bits per heavy atom. The van der Waals surface area contributed by atoms with Crippen molar-refractivity contribution in [1.82, 2.24) is 0 Å². The van der Waals surface area contributed by atoms with Crippen LogP contribution in [0.25, 0.3) is 0 Å². The maximum Gasteiger partial charge on any atom is 0.0189 e. The molecule has 1 saturated carbocycles. The van der Waals surface area contributed by atoms with E-state index in [-0.39, 0.29) is 0 Å². The van der Waals surface area contributed by atoms with Gasteiger partial charge in [-0.3, -0.25) is 0 Å². The fraction of sp³-hybridized carbons (Fsp3) is 0.571. The van der Waals surface area contributed by atoms with E-state index in [0.717, 1.165) is 11.2 Å². The van der Waals surface area contributed by atoms with Crippen molar-refractivity contribution < 1.29 is 0 Å². The summed E-state index contributed by atoms with van der Waals surface area (Å²) in [6, 6.07) is 8.56. The van der Waals surface area contributed by atoms with Crippen LogP contribution >= 0.6 is 11.8 Å². The lowest BCUT2D eigenvalue weighted by Gasteiger charge is -2.26. The quantitative estimate of drug-likeness (QED) is 0.862. The Balaban J connectivity index is 2.02. The molecule has 0 aromatic heterocycles. The SMILES string of the molecule is CC1CCCC(Sc2ccccc2CN)C1. The van der Waals surface area contributed by atoms with E-state index in [1.807, 2.05) is 11.8 Å². The maximum absolute atomic E-state index is 5.77. The van der Waals surface area contributed by atoms with E-state index in [9.17, 15) is 0 Å².